The molecule has 3 atom stereocenters. The van der Waals surface area contributed by atoms with Crippen molar-refractivity contribution in [2.45, 2.75) is 166 Å². The van der Waals surface area contributed by atoms with E-state index < -0.39 is 40.0 Å². The Morgan fingerprint density at radius 3 is 1.19 bits per heavy atom. The molecule has 0 spiro atoms. The van der Waals surface area contributed by atoms with Gasteiger partial charge in [-0.1, -0.05) is 51.3 Å². The smallest absolute Gasteiger partial charge is 0.312 e. The topological polar surface area (TPSA) is 388 Å². The van der Waals surface area contributed by atoms with Crippen LogP contribution in [0.15, 0.2) is 30.3 Å². The van der Waals surface area contributed by atoms with Gasteiger partial charge >= 0.3 is 35.8 Å². The van der Waals surface area contributed by atoms with Crippen LogP contribution >= 0.6 is 47.0 Å². The molecule has 25 nitrogen and oxygen atoms in total. The van der Waals surface area contributed by atoms with E-state index in [9.17, 15) is 33.9 Å². The van der Waals surface area contributed by atoms with Crippen molar-refractivity contribution in [2.75, 3.05) is 167 Å². The number of unbranched alkanes of at least 4 members (excludes halogenated alkanes) is 5. The molecule has 0 saturated carbocycles. The summed E-state index contributed by atoms with van der Waals surface area (Å²) in [6.45, 7) is 24.1. The average molecular weight is 1490 g/mol. The Bertz CT molecular complexity index is 1990. The zero-order chi connectivity index (χ0) is 76.5. The summed E-state index contributed by atoms with van der Waals surface area (Å²) in [5.41, 5.74) is -2.44. The number of para-hydroxylation sites is 1. The quantitative estimate of drug-likeness (QED) is 0.0177. The number of carbonyl (C=O) groups is 6. The molecule has 0 heterocycles. The Kier molecular flexibility index (Phi) is 73.6. The number of benzene rings is 1. The number of ether oxygens (including phenoxy) is 9. The van der Waals surface area contributed by atoms with Crippen molar-refractivity contribution in [3.8, 4) is 5.75 Å². The van der Waals surface area contributed by atoms with Crippen molar-refractivity contribution in [1.82, 2.24) is 0 Å². The van der Waals surface area contributed by atoms with Gasteiger partial charge in [-0.3, -0.25) is 28.8 Å². The van der Waals surface area contributed by atoms with Gasteiger partial charge in [-0.05, 0) is 126 Å². The Morgan fingerprint density at radius 2 is 0.827 bits per heavy atom. The van der Waals surface area contributed by atoms with Gasteiger partial charge in [0.1, 0.15) is 19.0 Å². The maximum absolute atomic E-state index is 12.0. The molecule has 0 saturated heterocycles. The number of thioether (sulfide) groups is 4. The zero-order valence-electron chi connectivity index (χ0n) is 62.3. The molecule has 29 heteroatoms. The minimum absolute atomic E-state index is 0.0709. The molecule has 1 rings (SSSR count). The number of aliphatic hydroxyl groups excluding tert-OH is 10. The van der Waals surface area contributed by atoms with Crippen molar-refractivity contribution in [3.05, 3.63) is 30.3 Å². The number of aliphatic hydroxyl groups is 10. The van der Waals surface area contributed by atoms with Gasteiger partial charge in [-0.15, -0.1) is 0 Å². The first-order valence-corrected chi connectivity index (χ1v) is 37.7. The predicted molar refractivity (Wildman–Crippen MR) is 391 cm³/mol. The number of esters is 6. The summed E-state index contributed by atoms with van der Waals surface area (Å²) in [6, 6.07) is 9.34. The Morgan fingerprint density at radius 1 is 0.418 bits per heavy atom. The highest BCUT2D eigenvalue weighted by atomic mass is 32.2. The second-order valence-corrected chi connectivity index (χ2v) is 29.6. The van der Waals surface area contributed by atoms with Gasteiger partial charge in [-0.25, -0.2) is 0 Å². The molecule has 0 bridgehead atoms. The molecular weight excluding hydrogens is 1360 g/mol. The molecule has 0 aromatic heterocycles. The van der Waals surface area contributed by atoms with Crippen LogP contribution in [0.1, 0.15) is 147 Å². The highest BCUT2D eigenvalue weighted by molar-refractivity contribution is 8.00. The first-order valence-electron chi connectivity index (χ1n) is 33.1. The molecule has 0 aliphatic carbocycles. The number of carbonyl (C=O) groups excluding carboxylic acids is 6. The van der Waals surface area contributed by atoms with Crippen LogP contribution in [0.5, 0.6) is 5.75 Å². The van der Waals surface area contributed by atoms with E-state index in [1.807, 2.05) is 65.0 Å². The van der Waals surface area contributed by atoms with E-state index in [2.05, 4.69) is 21.1 Å². The van der Waals surface area contributed by atoms with Crippen molar-refractivity contribution < 1.29 is 122 Å². The molecule has 1 aromatic rings. The zero-order valence-corrected chi connectivity index (χ0v) is 65.6. The van der Waals surface area contributed by atoms with Crippen LogP contribution in [0.25, 0.3) is 0 Å². The molecule has 3 unspecified atom stereocenters. The van der Waals surface area contributed by atoms with Gasteiger partial charge in [0.25, 0.3) is 0 Å². The van der Waals surface area contributed by atoms with E-state index in [0.29, 0.717) is 67.4 Å². The van der Waals surface area contributed by atoms with E-state index in [1.54, 1.807) is 67.5 Å². The van der Waals surface area contributed by atoms with Crippen molar-refractivity contribution in [3.63, 3.8) is 0 Å². The molecule has 1 aromatic carbocycles. The molecule has 0 aliphatic rings. The molecule has 0 fully saturated rings. The Balaban J connectivity index is -0.000000258. The molecular formula is C69H132O25S4. The van der Waals surface area contributed by atoms with Gasteiger partial charge in [0.05, 0.1) is 126 Å². The summed E-state index contributed by atoms with van der Waals surface area (Å²) >= 11 is 6.04. The minimum atomic E-state index is -0.754. The second kappa shape index (κ2) is 68.2. The third-order valence-corrected chi connectivity index (χ3v) is 19.3. The number of hydrogen-bond donors (Lipinski definition) is 10. The fourth-order valence-electron chi connectivity index (χ4n) is 6.28. The second-order valence-electron chi connectivity index (χ2n) is 25.4. The van der Waals surface area contributed by atoms with E-state index in [4.69, 9.17) is 74.4 Å². The van der Waals surface area contributed by atoms with E-state index in [0.717, 1.165) is 75.0 Å². The lowest BCUT2D eigenvalue weighted by atomic mass is 9.91. The Hall–Kier alpha value is -3.24. The number of methoxy groups -OCH3 is 5. The van der Waals surface area contributed by atoms with Crippen LogP contribution in [0, 0.1) is 33.0 Å². The summed E-state index contributed by atoms with van der Waals surface area (Å²) in [4.78, 5) is 68.4. The van der Waals surface area contributed by atoms with E-state index >= 15 is 0 Å². The Labute approximate surface area is 604 Å². The van der Waals surface area contributed by atoms with Gasteiger partial charge in [-0.2, -0.15) is 47.0 Å². The van der Waals surface area contributed by atoms with Gasteiger partial charge < -0.3 is 93.7 Å². The number of hydrogen-bond acceptors (Lipinski definition) is 29. The van der Waals surface area contributed by atoms with Gasteiger partial charge in [0.2, 0.25) is 0 Å². The van der Waals surface area contributed by atoms with Crippen LogP contribution in [-0.4, -0.2) is 273 Å². The first kappa shape index (κ1) is 106. The van der Waals surface area contributed by atoms with Crippen LogP contribution < -0.4 is 4.74 Å². The number of rotatable bonds is 47. The maximum atomic E-state index is 12.0. The average Bonchev–Trinajstić information content (AvgIpc) is 0.954. The maximum Gasteiger partial charge on any atom is 0.312 e. The summed E-state index contributed by atoms with van der Waals surface area (Å²) in [5.74, 6) is 3.80. The summed E-state index contributed by atoms with van der Waals surface area (Å²) in [5, 5.41) is 87.3. The van der Waals surface area contributed by atoms with E-state index in [1.165, 1.54) is 56.6 Å². The molecule has 0 amide bonds. The monoisotopic (exact) mass is 1490 g/mol. The lowest BCUT2D eigenvalue weighted by Crippen LogP contribution is -2.31. The third kappa shape index (κ3) is 64.8. The molecule has 10 N–H and O–H groups in total. The first-order chi connectivity index (χ1) is 46.1. The highest BCUT2D eigenvalue weighted by Gasteiger charge is 2.32. The largest absolute Gasteiger partial charge is 0.490 e. The van der Waals surface area contributed by atoms with Crippen molar-refractivity contribution in [2.24, 2.45) is 33.0 Å². The SMILES string of the molecule is CC(C)(CSCC(O)CO)C(=O)OCCOc1ccccc1.CCCCOC(=O)C(C)(C)CC.COC(=O)C(C)(C)CSCC(O)CO.COC(=O)C(C)(C)CSCC(O)CO.COC(=O)C(C)(C)CSCCCCCO.COCCCCCC(=O)OCC(CO)CO.COCCO. The minimum Gasteiger partial charge on any atom is -0.490 e. The summed E-state index contributed by atoms with van der Waals surface area (Å²) < 4.78 is 44.0. The molecule has 0 aliphatic heterocycles. The van der Waals surface area contributed by atoms with Crippen LogP contribution in [0.4, 0.5) is 0 Å². The van der Waals surface area contributed by atoms with Crippen molar-refractivity contribution in [1.29, 1.82) is 0 Å². The lowest BCUT2D eigenvalue weighted by Gasteiger charge is -2.22. The van der Waals surface area contributed by atoms with Crippen LogP contribution in [0.3, 0.4) is 0 Å². The highest BCUT2D eigenvalue weighted by Crippen LogP contribution is 2.27. The predicted octanol–water partition coefficient (Wildman–Crippen LogP) is 7.07. The summed E-state index contributed by atoms with van der Waals surface area (Å²) in [7, 11) is 7.35. The lowest BCUT2D eigenvalue weighted by molar-refractivity contribution is -0.154. The fourth-order valence-corrected chi connectivity index (χ4v) is 10.8. The van der Waals surface area contributed by atoms with E-state index in [-0.39, 0.29) is 107 Å². The standard InChI is InChI=1S/C16H24O5S.C11H22O5.C11H22O3S.C10H20O2.2C9H18O4S.C3H8O2/c1-16(2,12-22-11-13(18)10-17)15(19)21-9-8-20-14-6-4-3-5-7-14;1-15-6-4-2-3-5-11(14)16-9-10(7-12)8-13;1-11(2,10(13)14-3)9-15-8-6-4-5-7-12;1-5-7-8-12-9(11)10(3,4)6-2;2*1-9(2,8(12)13-3)6-14-5-7(11)4-10;1-5-3-2-4/h3-7,13,17-18H,8-12H2,1-2H3;10,12-13H,2-9H2,1H3;12H,4-9H2,1-3H3;5-8H2,1-4H3;2*7,10-11H,4-6H2,1-3H3;4H,2-3H2,1H3. The van der Waals surface area contributed by atoms with Crippen LogP contribution in [-0.2, 0) is 66.7 Å². The van der Waals surface area contributed by atoms with Gasteiger partial charge in [0.15, 0.2) is 0 Å². The van der Waals surface area contributed by atoms with Gasteiger partial charge in [0, 0.05) is 80.0 Å². The third-order valence-electron chi connectivity index (χ3n) is 13.1. The molecule has 0 radical (unpaired) electrons. The normalized spacial score (nSPS) is 12.1. The van der Waals surface area contributed by atoms with Crippen LogP contribution in [0.2, 0.25) is 0 Å². The summed E-state index contributed by atoms with van der Waals surface area (Å²) in [6.07, 6.45) is 6.76. The molecule has 582 valence electrons. The van der Waals surface area contributed by atoms with Crippen molar-refractivity contribution >= 4 is 82.9 Å². The molecule has 98 heavy (non-hydrogen) atoms. The fraction of sp³-hybridized carbons (Fsp3) is 0.826.